The van der Waals surface area contributed by atoms with Crippen LogP contribution in [0.1, 0.15) is 205 Å². The molecule has 0 aliphatic rings. The molecule has 0 amide bonds. The van der Waals surface area contributed by atoms with Crippen molar-refractivity contribution in [2.24, 2.45) is 0 Å². The van der Waals surface area contributed by atoms with Crippen LogP contribution in [0, 0.1) is 13.8 Å². The number of nitrogens with two attached hydrogens (primary N) is 2. The molecule has 0 heterocycles. The van der Waals surface area contributed by atoms with Gasteiger partial charge in [-0.3, -0.25) is 0 Å². The summed E-state index contributed by atoms with van der Waals surface area (Å²) in [6, 6.07) is 32.3. The fraction of sp³-hybridized carbons (Fsp3) is 0.529. The zero-order valence-electron chi connectivity index (χ0n) is 34.4. The van der Waals surface area contributed by atoms with Gasteiger partial charge >= 0.3 is 0 Å². The molecule has 0 saturated heterocycles. The van der Waals surface area contributed by atoms with Crippen molar-refractivity contribution < 1.29 is 0 Å². The summed E-state index contributed by atoms with van der Waals surface area (Å²) < 4.78 is 0. The maximum absolute atomic E-state index is 6.19. The lowest BCUT2D eigenvalue weighted by molar-refractivity contribution is 0.550. The number of hydrogen-bond acceptors (Lipinski definition) is 2. The van der Waals surface area contributed by atoms with Gasteiger partial charge in [0.25, 0.3) is 0 Å². The number of aryl methyl sites for hydroxylation is 2. The van der Waals surface area contributed by atoms with Gasteiger partial charge in [0.2, 0.25) is 0 Å². The summed E-state index contributed by atoms with van der Waals surface area (Å²) in [7, 11) is 0. The molecule has 2 unspecified atom stereocenters. The van der Waals surface area contributed by atoms with Crippen LogP contribution in [0.2, 0.25) is 0 Å². The number of anilines is 2. The van der Waals surface area contributed by atoms with Crippen LogP contribution in [0.3, 0.4) is 0 Å². The molecular weight excluding hydrogens is 641 g/mol. The third-order valence-electron chi connectivity index (χ3n) is 11.9. The van der Waals surface area contributed by atoms with Gasteiger partial charge < -0.3 is 11.5 Å². The minimum atomic E-state index is 0.381. The first-order valence-corrected chi connectivity index (χ1v) is 21.8. The van der Waals surface area contributed by atoms with Crippen molar-refractivity contribution >= 4 is 11.4 Å². The smallest absolute Gasteiger partial charge is 0.0316 e. The topological polar surface area (TPSA) is 52.0 Å². The second-order valence-corrected chi connectivity index (χ2v) is 16.2. The van der Waals surface area contributed by atoms with Crippen molar-refractivity contribution in [3.63, 3.8) is 0 Å². The molecule has 0 saturated carbocycles. The summed E-state index contributed by atoms with van der Waals surface area (Å²) in [5.41, 5.74) is 25.2. The highest BCUT2D eigenvalue weighted by molar-refractivity contribution is 5.50. The van der Waals surface area contributed by atoms with Crippen molar-refractivity contribution in [1.82, 2.24) is 0 Å². The first kappa shape index (κ1) is 42.2. The lowest BCUT2D eigenvalue weighted by Gasteiger charge is -2.23. The Kier molecular flexibility index (Phi) is 18.6. The predicted octanol–water partition coefficient (Wildman–Crippen LogP) is 15.3. The van der Waals surface area contributed by atoms with Crippen LogP contribution in [-0.2, 0) is 0 Å². The molecule has 0 radical (unpaired) electrons. The zero-order chi connectivity index (χ0) is 37.8. The number of unbranched alkanes of at least 4 members (excludes halogenated alkanes) is 14. The van der Waals surface area contributed by atoms with Crippen molar-refractivity contribution in [1.29, 1.82) is 0 Å². The molecule has 0 fully saturated rings. The van der Waals surface area contributed by atoms with Gasteiger partial charge in [-0.25, -0.2) is 0 Å². The average molecular weight is 715 g/mol. The summed E-state index contributed by atoms with van der Waals surface area (Å²) in [6.45, 7) is 11.4. The van der Waals surface area contributed by atoms with E-state index in [4.69, 9.17) is 11.5 Å². The molecule has 2 nitrogen and oxygen atoms in total. The van der Waals surface area contributed by atoms with Crippen LogP contribution in [0.15, 0.2) is 84.9 Å². The van der Waals surface area contributed by atoms with Crippen molar-refractivity contribution in [2.45, 2.75) is 174 Å². The van der Waals surface area contributed by atoms with Crippen LogP contribution in [0.4, 0.5) is 11.4 Å². The van der Waals surface area contributed by atoms with Crippen molar-refractivity contribution in [3.05, 3.63) is 129 Å². The first-order valence-electron chi connectivity index (χ1n) is 21.8. The third-order valence-corrected chi connectivity index (χ3v) is 11.9. The van der Waals surface area contributed by atoms with Crippen molar-refractivity contribution in [3.8, 4) is 0 Å². The summed E-state index contributed by atoms with van der Waals surface area (Å²) in [4.78, 5) is 0. The Balaban J connectivity index is 1.47. The summed E-state index contributed by atoms with van der Waals surface area (Å²) in [6.07, 6.45) is 25.0. The van der Waals surface area contributed by atoms with E-state index in [2.05, 4.69) is 120 Å². The van der Waals surface area contributed by atoms with Crippen LogP contribution in [0.25, 0.3) is 0 Å². The standard InChI is InChI=1S/C51H74N2/c1-6-9-11-13-15-17-19-21-23-50(48-35-33-45(52)37-39(48)4)43-29-25-41(26-30-43)47(8-3)42-27-31-44(32-28-42)51(49-36-34-46(53)38-40(49)5)24-22-20-18-16-14-12-10-7-2/h25-38,47,50-51H,6-24,52-53H2,1-5H3. The van der Waals surface area contributed by atoms with E-state index in [9.17, 15) is 0 Å². The second-order valence-electron chi connectivity index (χ2n) is 16.2. The molecule has 2 heteroatoms. The van der Waals surface area contributed by atoms with Gasteiger partial charge in [0.15, 0.2) is 0 Å². The minimum absolute atomic E-state index is 0.381. The fourth-order valence-electron chi connectivity index (χ4n) is 8.73. The second kappa shape index (κ2) is 23.3. The quantitative estimate of drug-likeness (QED) is 0.0530. The largest absolute Gasteiger partial charge is 0.399 e. The highest BCUT2D eigenvalue weighted by Gasteiger charge is 2.20. The normalized spacial score (nSPS) is 13.2. The van der Waals surface area contributed by atoms with E-state index in [1.54, 1.807) is 0 Å². The molecule has 0 aliphatic carbocycles. The van der Waals surface area contributed by atoms with Crippen LogP contribution >= 0.6 is 0 Å². The predicted molar refractivity (Wildman–Crippen MR) is 234 cm³/mol. The highest BCUT2D eigenvalue weighted by Crippen LogP contribution is 2.37. The molecule has 0 bridgehead atoms. The van der Waals surface area contributed by atoms with E-state index in [1.807, 2.05) is 0 Å². The van der Waals surface area contributed by atoms with Gasteiger partial charge in [-0.1, -0.05) is 184 Å². The Labute approximate surface area is 325 Å². The number of nitrogen functional groups attached to an aromatic ring is 2. The fourth-order valence-corrected chi connectivity index (χ4v) is 8.73. The molecule has 0 spiro atoms. The van der Waals surface area contributed by atoms with Gasteiger partial charge in [-0.05, 0) is 102 Å². The number of benzene rings is 4. The summed E-state index contributed by atoms with van der Waals surface area (Å²) in [5.74, 6) is 1.18. The Morgan fingerprint density at radius 3 is 0.981 bits per heavy atom. The van der Waals surface area contributed by atoms with Gasteiger partial charge in [0.05, 0.1) is 0 Å². The molecule has 0 aliphatic heterocycles. The Bertz CT molecular complexity index is 1470. The molecule has 4 aromatic carbocycles. The molecule has 53 heavy (non-hydrogen) atoms. The van der Waals surface area contributed by atoms with E-state index in [-0.39, 0.29) is 0 Å². The molecule has 288 valence electrons. The van der Waals surface area contributed by atoms with Crippen LogP contribution in [0.5, 0.6) is 0 Å². The van der Waals surface area contributed by atoms with E-state index in [0.29, 0.717) is 17.8 Å². The SMILES string of the molecule is CCCCCCCCCCC(c1ccc(C(CC)c2ccc(C(CCCCCCCCCC)c3ccc(N)cc3C)cc2)cc1)c1ccc(N)cc1C. The van der Waals surface area contributed by atoms with Gasteiger partial charge in [0.1, 0.15) is 0 Å². The average Bonchev–Trinajstić information content (AvgIpc) is 3.15. The molecule has 4 N–H and O–H groups in total. The molecule has 4 rings (SSSR count). The van der Waals surface area contributed by atoms with Gasteiger partial charge in [-0.15, -0.1) is 0 Å². The Hall–Kier alpha value is -3.52. The zero-order valence-corrected chi connectivity index (χ0v) is 34.4. The van der Waals surface area contributed by atoms with Crippen molar-refractivity contribution in [2.75, 3.05) is 11.5 Å². The van der Waals surface area contributed by atoms with Gasteiger partial charge in [0, 0.05) is 29.1 Å². The maximum atomic E-state index is 6.19. The summed E-state index contributed by atoms with van der Waals surface area (Å²) >= 11 is 0. The molecule has 0 aromatic heterocycles. The summed E-state index contributed by atoms with van der Waals surface area (Å²) in [5, 5.41) is 0. The maximum Gasteiger partial charge on any atom is 0.0316 e. The highest BCUT2D eigenvalue weighted by atomic mass is 14.5. The number of hydrogen-bond donors (Lipinski definition) is 2. The third kappa shape index (κ3) is 13.4. The minimum Gasteiger partial charge on any atom is -0.399 e. The van der Waals surface area contributed by atoms with Crippen LogP contribution in [-0.4, -0.2) is 0 Å². The lowest BCUT2D eigenvalue weighted by Crippen LogP contribution is -2.07. The molecule has 4 aromatic rings. The monoisotopic (exact) mass is 715 g/mol. The van der Waals surface area contributed by atoms with E-state index >= 15 is 0 Å². The van der Waals surface area contributed by atoms with E-state index < -0.39 is 0 Å². The molecular formula is C51H74N2. The molecule has 2 atom stereocenters. The first-order chi connectivity index (χ1) is 25.9. The van der Waals surface area contributed by atoms with Gasteiger partial charge in [-0.2, -0.15) is 0 Å². The van der Waals surface area contributed by atoms with E-state index in [0.717, 1.165) is 17.8 Å². The Morgan fingerprint density at radius 2 is 0.679 bits per heavy atom. The Morgan fingerprint density at radius 1 is 0.377 bits per heavy atom. The van der Waals surface area contributed by atoms with E-state index in [1.165, 1.54) is 160 Å². The van der Waals surface area contributed by atoms with Crippen LogP contribution < -0.4 is 11.5 Å². The lowest BCUT2D eigenvalue weighted by atomic mass is 9.81. The number of rotatable bonds is 25.